The van der Waals surface area contributed by atoms with E-state index >= 15 is 0 Å². The molecule has 6 nitrogen and oxygen atoms in total. The molecule has 3 rings (SSSR count). The molecule has 0 atom stereocenters. The van der Waals surface area contributed by atoms with Crippen LogP contribution in [0.25, 0.3) is 0 Å². The summed E-state index contributed by atoms with van der Waals surface area (Å²) in [6, 6.07) is 4.77. The molecule has 0 spiro atoms. The van der Waals surface area contributed by atoms with Crippen LogP contribution < -0.4 is 5.43 Å². The number of carboxylic acid groups (broad SMARTS) is 1. The Labute approximate surface area is 161 Å². The van der Waals surface area contributed by atoms with Crippen molar-refractivity contribution in [2.45, 2.75) is 12.8 Å². The maximum absolute atomic E-state index is 13.0. The number of fused-ring (bicyclic) bond motifs is 1. The van der Waals surface area contributed by atoms with Gasteiger partial charge in [-0.25, -0.2) is 14.7 Å². The number of rotatable bonds is 4. The first-order valence-electron chi connectivity index (χ1n) is 7.40. The summed E-state index contributed by atoms with van der Waals surface area (Å²) in [6.07, 6.45) is -1.09. The van der Waals surface area contributed by atoms with E-state index in [4.69, 9.17) is 28.3 Å². The number of benzene rings is 1. The predicted octanol–water partition coefficient (Wildman–Crippen LogP) is 3.87. The SMILES string of the molecule is O=C(O)C=CC1=C2N=CN(C(F)(F)F)C=C2N(Cc2ccc(Cl)cc2Cl)N1. The van der Waals surface area contributed by atoms with Gasteiger partial charge in [0.1, 0.15) is 17.7 Å². The Morgan fingerprint density at radius 1 is 1.33 bits per heavy atom. The molecule has 27 heavy (non-hydrogen) atoms. The number of alkyl halides is 3. The second kappa shape index (κ2) is 7.16. The van der Waals surface area contributed by atoms with Gasteiger partial charge in [-0.15, -0.1) is 13.2 Å². The number of carboxylic acids is 1. The van der Waals surface area contributed by atoms with Gasteiger partial charge in [-0.05, 0) is 23.8 Å². The molecule has 0 radical (unpaired) electrons. The molecule has 2 heterocycles. The molecule has 2 N–H and O–H groups in total. The largest absolute Gasteiger partial charge is 0.489 e. The van der Waals surface area contributed by atoms with Crippen molar-refractivity contribution in [3.63, 3.8) is 0 Å². The molecule has 0 fully saturated rings. The number of aliphatic imine (C=N–C) groups is 1. The van der Waals surface area contributed by atoms with Gasteiger partial charge in [-0.2, -0.15) is 0 Å². The van der Waals surface area contributed by atoms with Crippen molar-refractivity contribution in [2.24, 2.45) is 4.99 Å². The number of allylic oxidation sites excluding steroid dienone is 1. The van der Waals surface area contributed by atoms with E-state index in [2.05, 4.69) is 10.4 Å². The number of halogens is 5. The van der Waals surface area contributed by atoms with E-state index < -0.39 is 12.3 Å². The molecule has 142 valence electrons. The van der Waals surface area contributed by atoms with Crippen molar-refractivity contribution in [3.05, 3.63) is 69.3 Å². The maximum atomic E-state index is 13.0. The molecular weight excluding hydrogens is 408 g/mol. The zero-order valence-electron chi connectivity index (χ0n) is 13.3. The molecule has 0 bridgehead atoms. The Hall–Kier alpha value is -2.65. The van der Waals surface area contributed by atoms with Gasteiger partial charge in [0.2, 0.25) is 0 Å². The smallest absolute Gasteiger partial charge is 0.478 e. The molecule has 0 aromatic heterocycles. The third kappa shape index (κ3) is 4.20. The molecule has 1 aromatic rings. The summed E-state index contributed by atoms with van der Waals surface area (Å²) in [5, 5.41) is 10.9. The van der Waals surface area contributed by atoms with E-state index in [0.717, 1.165) is 12.3 Å². The molecule has 2 aliphatic heterocycles. The number of nitrogens with one attached hydrogen (secondary N) is 1. The van der Waals surface area contributed by atoms with Gasteiger partial charge in [-0.3, -0.25) is 10.4 Å². The number of hydrogen-bond donors (Lipinski definition) is 2. The molecule has 0 aliphatic carbocycles. The number of hydrogen-bond acceptors (Lipinski definition) is 5. The average Bonchev–Trinajstić information content (AvgIpc) is 2.92. The second-order valence-corrected chi connectivity index (χ2v) is 6.35. The number of aliphatic carboxylic acids is 1. The molecule has 11 heteroatoms. The Morgan fingerprint density at radius 2 is 2.07 bits per heavy atom. The van der Waals surface area contributed by atoms with Crippen LogP contribution in [0.5, 0.6) is 0 Å². The van der Waals surface area contributed by atoms with Gasteiger partial charge in [0.05, 0.1) is 12.2 Å². The molecule has 2 aliphatic rings. The molecular formula is C16H11Cl2F3N4O2. The zero-order valence-corrected chi connectivity index (χ0v) is 14.8. The first-order chi connectivity index (χ1) is 12.6. The first kappa shape index (κ1) is 19.1. The quantitative estimate of drug-likeness (QED) is 0.573. The van der Waals surface area contributed by atoms with Crippen molar-refractivity contribution in [1.29, 1.82) is 0 Å². The van der Waals surface area contributed by atoms with Crippen LogP contribution in [-0.2, 0) is 11.3 Å². The summed E-state index contributed by atoms with van der Waals surface area (Å²) in [5.41, 5.74) is 3.99. The van der Waals surface area contributed by atoms with Crippen LogP contribution in [-0.4, -0.2) is 33.6 Å². The third-order valence-corrected chi connectivity index (χ3v) is 4.23. The molecule has 0 saturated heterocycles. The Morgan fingerprint density at radius 3 is 2.70 bits per heavy atom. The fraction of sp³-hybridized carbons (Fsp3) is 0.125. The lowest BCUT2D eigenvalue weighted by Crippen LogP contribution is -2.37. The Kier molecular flexibility index (Phi) is 5.07. The lowest BCUT2D eigenvalue weighted by Gasteiger charge is -2.27. The van der Waals surface area contributed by atoms with Crippen LogP contribution in [0.3, 0.4) is 0 Å². The summed E-state index contributed by atoms with van der Waals surface area (Å²) in [7, 11) is 0. The van der Waals surface area contributed by atoms with Crippen LogP contribution in [0.15, 0.2) is 58.6 Å². The molecule has 0 unspecified atom stereocenters. The Balaban J connectivity index is 1.95. The van der Waals surface area contributed by atoms with Crippen molar-refractivity contribution in [1.82, 2.24) is 15.3 Å². The van der Waals surface area contributed by atoms with Gasteiger partial charge in [0.25, 0.3) is 0 Å². The summed E-state index contributed by atoms with van der Waals surface area (Å²) >= 11 is 12.0. The lowest BCUT2D eigenvalue weighted by atomic mass is 10.2. The number of nitrogens with zero attached hydrogens (tertiary/aromatic N) is 3. The number of carbonyl (C=O) groups is 1. The van der Waals surface area contributed by atoms with E-state index in [1.165, 1.54) is 17.2 Å². The zero-order chi connectivity index (χ0) is 19.8. The fourth-order valence-corrected chi connectivity index (χ4v) is 2.90. The van der Waals surface area contributed by atoms with Crippen molar-refractivity contribution >= 4 is 35.5 Å². The summed E-state index contributed by atoms with van der Waals surface area (Å²) in [5.74, 6) is -1.20. The summed E-state index contributed by atoms with van der Waals surface area (Å²) in [4.78, 5) is 14.6. The summed E-state index contributed by atoms with van der Waals surface area (Å²) < 4.78 is 39.1. The standard InChI is InChI=1S/C16H11Cl2F3N4O2/c17-10-2-1-9(11(18)5-10)6-25-13-7-24(16(19,20)21)8-22-15(13)12(23-25)3-4-14(26)27/h1-5,7-8,23H,6H2,(H,26,27). The number of hydrazine groups is 1. The minimum absolute atomic E-state index is 0.00777. The van der Waals surface area contributed by atoms with E-state index in [0.29, 0.717) is 21.9 Å². The molecule has 0 saturated carbocycles. The Bertz CT molecular complexity index is 909. The van der Waals surface area contributed by atoms with Crippen LogP contribution in [0.1, 0.15) is 5.56 Å². The minimum Gasteiger partial charge on any atom is -0.478 e. The van der Waals surface area contributed by atoms with Crippen molar-refractivity contribution in [3.8, 4) is 0 Å². The van der Waals surface area contributed by atoms with Crippen LogP contribution >= 0.6 is 23.2 Å². The van der Waals surface area contributed by atoms with E-state index in [1.807, 2.05) is 0 Å². The molecule has 1 aromatic carbocycles. The highest BCUT2D eigenvalue weighted by Gasteiger charge is 2.39. The van der Waals surface area contributed by atoms with E-state index in [9.17, 15) is 18.0 Å². The highest BCUT2D eigenvalue weighted by molar-refractivity contribution is 6.35. The van der Waals surface area contributed by atoms with Gasteiger partial charge < -0.3 is 5.11 Å². The van der Waals surface area contributed by atoms with Crippen LogP contribution in [0.4, 0.5) is 13.2 Å². The van der Waals surface area contributed by atoms with Gasteiger partial charge in [-0.1, -0.05) is 29.3 Å². The van der Waals surface area contributed by atoms with E-state index in [-0.39, 0.29) is 28.5 Å². The summed E-state index contributed by atoms with van der Waals surface area (Å²) in [6.45, 7) is 0.0942. The topological polar surface area (TPSA) is 68.2 Å². The highest BCUT2D eigenvalue weighted by atomic mass is 35.5. The van der Waals surface area contributed by atoms with Crippen molar-refractivity contribution < 1.29 is 23.1 Å². The minimum atomic E-state index is -4.65. The average molecular weight is 419 g/mol. The second-order valence-electron chi connectivity index (χ2n) is 5.50. The lowest BCUT2D eigenvalue weighted by molar-refractivity contribution is -0.200. The normalized spacial score (nSPS) is 16.7. The van der Waals surface area contributed by atoms with Crippen LogP contribution in [0.2, 0.25) is 10.0 Å². The van der Waals surface area contributed by atoms with Crippen LogP contribution in [0, 0.1) is 0 Å². The predicted molar refractivity (Wildman–Crippen MR) is 93.4 cm³/mol. The van der Waals surface area contributed by atoms with Gasteiger partial charge in [0.15, 0.2) is 0 Å². The van der Waals surface area contributed by atoms with Gasteiger partial charge in [0, 0.05) is 22.3 Å². The molecule has 0 amide bonds. The third-order valence-electron chi connectivity index (χ3n) is 3.65. The van der Waals surface area contributed by atoms with Crippen molar-refractivity contribution in [2.75, 3.05) is 0 Å². The highest BCUT2D eigenvalue weighted by Crippen LogP contribution is 2.34. The first-order valence-corrected chi connectivity index (χ1v) is 8.15. The van der Waals surface area contributed by atoms with E-state index in [1.54, 1.807) is 12.1 Å². The van der Waals surface area contributed by atoms with Gasteiger partial charge >= 0.3 is 12.3 Å². The monoisotopic (exact) mass is 418 g/mol. The maximum Gasteiger partial charge on any atom is 0.489 e. The fourth-order valence-electron chi connectivity index (χ4n) is 2.43.